The number of hydrogen-bond donors (Lipinski definition) is 2. The van der Waals surface area contributed by atoms with Crippen LogP contribution < -0.4 is 11.1 Å². The number of aryl methyl sites for hydroxylation is 1. The average molecular weight is 248 g/mol. The molecular formula is C12H13FN4O. The molecule has 0 aliphatic rings. The van der Waals surface area contributed by atoms with Gasteiger partial charge in [-0.2, -0.15) is 5.10 Å². The number of primary amides is 1. The Morgan fingerprint density at radius 2 is 2.11 bits per heavy atom. The van der Waals surface area contributed by atoms with Crippen molar-refractivity contribution in [3.63, 3.8) is 0 Å². The summed E-state index contributed by atoms with van der Waals surface area (Å²) >= 11 is 0. The lowest BCUT2D eigenvalue weighted by molar-refractivity contribution is 0.0991. The lowest BCUT2D eigenvalue weighted by Gasteiger charge is -2.02. The van der Waals surface area contributed by atoms with Crippen molar-refractivity contribution in [1.29, 1.82) is 0 Å². The van der Waals surface area contributed by atoms with Crippen molar-refractivity contribution < 1.29 is 9.18 Å². The molecule has 0 bridgehead atoms. The Labute approximate surface area is 103 Å². The minimum Gasteiger partial charge on any atom is -0.365 e. The van der Waals surface area contributed by atoms with Crippen LogP contribution >= 0.6 is 0 Å². The number of nitrogens with two attached hydrogens (primary N) is 1. The van der Waals surface area contributed by atoms with E-state index in [1.54, 1.807) is 25.2 Å². The molecule has 1 aromatic heterocycles. The summed E-state index contributed by atoms with van der Waals surface area (Å²) in [4.78, 5) is 11.0. The molecule has 18 heavy (non-hydrogen) atoms. The van der Waals surface area contributed by atoms with Crippen LogP contribution in [0.4, 0.5) is 10.2 Å². The summed E-state index contributed by atoms with van der Waals surface area (Å²) in [5.41, 5.74) is 6.43. The molecule has 1 aromatic carbocycles. The smallest absolute Gasteiger partial charge is 0.267 e. The molecule has 0 aliphatic heterocycles. The largest absolute Gasteiger partial charge is 0.365 e. The normalized spacial score (nSPS) is 10.3. The third-order valence-electron chi connectivity index (χ3n) is 2.52. The minimum atomic E-state index is -0.528. The number of amides is 1. The maximum atomic E-state index is 12.7. The lowest BCUT2D eigenvalue weighted by atomic mass is 10.2. The number of halogens is 1. The van der Waals surface area contributed by atoms with E-state index in [9.17, 15) is 9.18 Å². The SMILES string of the molecule is Cn1nc(NCc2ccc(F)cc2)cc1C(N)=O. The highest BCUT2D eigenvalue weighted by Crippen LogP contribution is 2.10. The van der Waals surface area contributed by atoms with Gasteiger partial charge in [0.05, 0.1) is 0 Å². The molecule has 94 valence electrons. The molecule has 2 aromatic rings. The molecular weight excluding hydrogens is 235 g/mol. The molecule has 3 N–H and O–H groups in total. The van der Waals surface area contributed by atoms with Crippen molar-refractivity contribution in [2.45, 2.75) is 6.54 Å². The summed E-state index contributed by atoms with van der Waals surface area (Å²) in [5, 5.41) is 7.13. The molecule has 0 radical (unpaired) electrons. The Hall–Kier alpha value is -2.37. The van der Waals surface area contributed by atoms with Crippen LogP contribution in [0, 0.1) is 5.82 Å². The molecule has 1 amide bonds. The fourth-order valence-electron chi connectivity index (χ4n) is 1.58. The molecule has 0 atom stereocenters. The monoisotopic (exact) mass is 248 g/mol. The predicted molar refractivity (Wildman–Crippen MR) is 65.5 cm³/mol. The van der Waals surface area contributed by atoms with Crippen LogP contribution in [0.25, 0.3) is 0 Å². The molecule has 0 fully saturated rings. The second-order valence-corrected chi connectivity index (χ2v) is 3.88. The molecule has 5 nitrogen and oxygen atoms in total. The van der Waals surface area contributed by atoms with E-state index in [0.717, 1.165) is 5.56 Å². The van der Waals surface area contributed by atoms with Crippen LogP contribution in [-0.2, 0) is 13.6 Å². The number of carbonyl (C=O) groups is 1. The summed E-state index contributed by atoms with van der Waals surface area (Å²) in [6.45, 7) is 0.496. The average Bonchev–Trinajstić information content (AvgIpc) is 2.70. The zero-order valence-electron chi connectivity index (χ0n) is 9.85. The Morgan fingerprint density at radius 1 is 1.44 bits per heavy atom. The van der Waals surface area contributed by atoms with E-state index in [1.807, 2.05) is 0 Å². The Morgan fingerprint density at radius 3 is 2.67 bits per heavy atom. The van der Waals surface area contributed by atoms with Crippen LogP contribution in [0.5, 0.6) is 0 Å². The first kappa shape index (κ1) is 12.1. The van der Waals surface area contributed by atoms with Gasteiger partial charge in [-0.05, 0) is 17.7 Å². The highest BCUT2D eigenvalue weighted by Gasteiger charge is 2.09. The Bertz CT molecular complexity index is 562. The van der Waals surface area contributed by atoms with Crippen LogP contribution in [0.3, 0.4) is 0 Å². The summed E-state index contributed by atoms with van der Waals surface area (Å²) in [6, 6.07) is 7.72. The number of hydrogen-bond acceptors (Lipinski definition) is 3. The molecule has 0 saturated carbocycles. The molecule has 0 aliphatic carbocycles. The first-order valence-electron chi connectivity index (χ1n) is 5.38. The maximum absolute atomic E-state index is 12.7. The number of carbonyl (C=O) groups excluding carboxylic acids is 1. The first-order chi connectivity index (χ1) is 8.56. The van der Waals surface area contributed by atoms with Crippen LogP contribution in [0.1, 0.15) is 16.1 Å². The molecule has 1 heterocycles. The van der Waals surface area contributed by atoms with Gasteiger partial charge >= 0.3 is 0 Å². The number of nitrogens with one attached hydrogen (secondary N) is 1. The van der Waals surface area contributed by atoms with Crippen LogP contribution in [0.15, 0.2) is 30.3 Å². The second-order valence-electron chi connectivity index (χ2n) is 3.88. The van der Waals surface area contributed by atoms with Gasteiger partial charge in [-0.1, -0.05) is 12.1 Å². The van der Waals surface area contributed by atoms with Gasteiger partial charge in [0.15, 0.2) is 0 Å². The standard InChI is InChI=1S/C12H13FN4O/c1-17-10(12(14)18)6-11(16-17)15-7-8-2-4-9(13)5-3-8/h2-6H,7H2,1H3,(H2,14,18)(H,15,16). The number of benzene rings is 1. The second kappa shape index (κ2) is 4.87. The fourth-order valence-corrected chi connectivity index (χ4v) is 1.58. The van der Waals surface area contributed by atoms with Crippen molar-refractivity contribution in [3.8, 4) is 0 Å². The zero-order chi connectivity index (χ0) is 13.1. The van der Waals surface area contributed by atoms with E-state index in [4.69, 9.17) is 5.73 Å². The van der Waals surface area contributed by atoms with Gasteiger partial charge in [0.25, 0.3) is 5.91 Å². The molecule has 0 saturated heterocycles. The van der Waals surface area contributed by atoms with Gasteiger partial charge in [-0.25, -0.2) is 4.39 Å². The van der Waals surface area contributed by atoms with Crippen molar-refractivity contribution in [2.75, 3.05) is 5.32 Å². The number of nitrogens with zero attached hydrogens (tertiary/aromatic N) is 2. The minimum absolute atomic E-state index is 0.271. The van der Waals surface area contributed by atoms with E-state index in [2.05, 4.69) is 10.4 Å². The van der Waals surface area contributed by atoms with E-state index >= 15 is 0 Å². The molecule has 6 heteroatoms. The summed E-state index contributed by atoms with van der Waals surface area (Å²) < 4.78 is 14.1. The zero-order valence-corrected chi connectivity index (χ0v) is 9.85. The van der Waals surface area contributed by atoms with Gasteiger partial charge in [0.1, 0.15) is 17.3 Å². The quantitative estimate of drug-likeness (QED) is 0.855. The van der Waals surface area contributed by atoms with E-state index in [-0.39, 0.29) is 5.82 Å². The molecule has 0 spiro atoms. The summed E-state index contributed by atoms with van der Waals surface area (Å²) in [6.07, 6.45) is 0. The van der Waals surface area contributed by atoms with Crippen molar-refractivity contribution in [1.82, 2.24) is 9.78 Å². The highest BCUT2D eigenvalue weighted by atomic mass is 19.1. The van der Waals surface area contributed by atoms with Crippen LogP contribution in [-0.4, -0.2) is 15.7 Å². The number of rotatable bonds is 4. The highest BCUT2D eigenvalue weighted by molar-refractivity contribution is 5.91. The van der Waals surface area contributed by atoms with Gasteiger partial charge < -0.3 is 11.1 Å². The predicted octanol–water partition coefficient (Wildman–Crippen LogP) is 1.27. The van der Waals surface area contributed by atoms with Gasteiger partial charge in [-0.3, -0.25) is 9.48 Å². The van der Waals surface area contributed by atoms with Crippen molar-refractivity contribution in [3.05, 3.63) is 47.4 Å². The lowest BCUT2D eigenvalue weighted by Crippen LogP contribution is -2.15. The third-order valence-corrected chi connectivity index (χ3v) is 2.52. The molecule has 0 unspecified atom stereocenters. The number of anilines is 1. The van der Waals surface area contributed by atoms with E-state index < -0.39 is 5.91 Å². The van der Waals surface area contributed by atoms with Gasteiger partial charge in [-0.15, -0.1) is 0 Å². The third kappa shape index (κ3) is 2.65. The maximum Gasteiger partial charge on any atom is 0.267 e. The molecule has 2 rings (SSSR count). The first-order valence-corrected chi connectivity index (χ1v) is 5.38. The Balaban J connectivity index is 2.04. The summed E-state index contributed by atoms with van der Waals surface area (Å²) in [7, 11) is 1.64. The van der Waals surface area contributed by atoms with E-state index in [1.165, 1.54) is 16.8 Å². The van der Waals surface area contributed by atoms with E-state index in [0.29, 0.717) is 18.1 Å². The fraction of sp³-hybridized carbons (Fsp3) is 0.167. The Kier molecular flexibility index (Phi) is 3.27. The number of aromatic nitrogens is 2. The van der Waals surface area contributed by atoms with Crippen molar-refractivity contribution >= 4 is 11.7 Å². The topological polar surface area (TPSA) is 72.9 Å². The summed E-state index contributed by atoms with van der Waals surface area (Å²) in [5.74, 6) is -0.247. The van der Waals surface area contributed by atoms with Crippen LogP contribution in [0.2, 0.25) is 0 Å². The van der Waals surface area contributed by atoms with Gasteiger partial charge in [0.2, 0.25) is 0 Å². The van der Waals surface area contributed by atoms with Crippen molar-refractivity contribution in [2.24, 2.45) is 12.8 Å². The van der Waals surface area contributed by atoms with Gasteiger partial charge in [0, 0.05) is 19.7 Å².